The van der Waals surface area contributed by atoms with E-state index in [1.807, 2.05) is 0 Å². The first-order valence-corrected chi connectivity index (χ1v) is 4.65. The molecule has 1 aromatic rings. The predicted octanol–water partition coefficient (Wildman–Crippen LogP) is 2.43. The molecule has 19 heavy (non-hydrogen) atoms. The van der Waals surface area contributed by atoms with Crippen LogP contribution in [0.2, 0.25) is 0 Å². The fraction of sp³-hybridized carbons (Fsp3) is 0.100. The second-order valence-electron chi connectivity index (χ2n) is 3.15. The predicted molar refractivity (Wildman–Crippen MR) is 56.4 cm³/mol. The molecule has 0 atom stereocenters. The number of nitrogens with zero attached hydrogens (tertiary/aromatic N) is 1. The number of hydrogen-bond acceptors (Lipinski definition) is 4. The standard InChI is InChI=1S/C10H6F3NO5/c11-6-4-8(19-10(12)13)5(1-2-9(15)16)3-7(6)14(17)18/h1-4,10H,(H,15,16)/b2-1+. The molecule has 0 fully saturated rings. The summed E-state index contributed by atoms with van der Waals surface area (Å²) < 4.78 is 41.3. The number of alkyl halides is 2. The minimum atomic E-state index is -3.28. The number of hydrogen-bond donors (Lipinski definition) is 1. The van der Waals surface area contributed by atoms with Gasteiger partial charge in [-0.3, -0.25) is 10.1 Å². The molecule has 0 aromatic heterocycles. The molecule has 0 heterocycles. The lowest BCUT2D eigenvalue weighted by molar-refractivity contribution is -0.387. The maximum Gasteiger partial charge on any atom is 0.387 e. The second kappa shape index (κ2) is 5.85. The molecule has 1 aromatic carbocycles. The van der Waals surface area contributed by atoms with Gasteiger partial charge in [-0.15, -0.1) is 0 Å². The van der Waals surface area contributed by atoms with Crippen LogP contribution in [0.25, 0.3) is 6.08 Å². The van der Waals surface area contributed by atoms with E-state index in [9.17, 15) is 28.1 Å². The maximum absolute atomic E-state index is 13.2. The molecule has 9 heteroatoms. The Bertz CT molecular complexity index is 544. The van der Waals surface area contributed by atoms with Crippen molar-refractivity contribution in [1.29, 1.82) is 0 Å². The van der Waals surface area contributed by atoms with Crippen molar-refractivity contribution >= 4 is 17.7 Å². The van der Waals surface area contributed by atoms with Gasteiger partial charge in [-0.2, -0.15) is 13.2 Å². The number of aliphatic carboxylic acids is 1. The Morgan fingerprint density at radius 3 is 2.58 bits per heavy atom. The van der Waals surface area contributed by atoms with E-state index in [0.717, 1.165) is 6.08 Å². The Hall–Kier alpha value is -2.58. The monoisotopic (exact) mass is 277 g/mol. The number of carboxylic acid groups (broad SMARTS) is 1. The molecule has 0 unspecified atom stereocenters. The number of halogens is 3. The zero-order valence-electron chi connectivity index (χ0n) is 9.05. The highest BCUT2D eigenvalue weighted by atomic mass is 19.3. The highest BCUT2D eigenvalue weighted by Crippen LogP contribution is 2.29. The van der Waals surface area contributed by atoms with E-state index < -0.39 is 34.8 Å². The summed E-state index contributed by atoms with van der Waals surface area (Å²) in [7, 11) is 0. The van der Waals surface area contributed by atoms with Gasteiger partial charge in [0.2, 0.25) is 5.82 Å². The average molecular weight is 277 g/mol. The van der Waals surface area contributed by atoms with E-state index in [0.29, 0.717) is 18.2 Å². The largest absolute Gasteiger partial charge is 0.478 e. The van der Waals surface area contributed by atoms with Crippen molar-refractivity contribution in [3.05, 3.63) is 39.7 Å². The number of ether oxygens (including phenoxy) is 1. The molecule has 0 aliphatic carbocycles. The van der Waals surface area contributed by atoms with E-state index in [-0.39, 0.29) is 5.56 Å². The molecule has 0 spiro atoms. The van der Waals surface area contributed by atoms with Gasteiger partial charge in [0.05, 0.1) is 4.92 Å². The lowest BCUT2D eigenvalue weighted by Gasteiger charge is -2.08. The quantitative estimate of drug-likeness (QED) is 0.507. The molecule has 1 N–H and O–H groups in total. The van der Waals surface area contributed by atoms with Crippen LogP contribution < -0.4 is 4.74 Å². The molecule has 6 nitrogen and oxygen atoms in total. The Kier molecular flexibility index (Phi) is 4.46. The van der Waals surface area contributed by atoms with Crippen molar-refractivity contribution in [2.75, 3.05) is 0 Å². The van der Waals surface area contributed by atoms with Crippen molar-refractivity contribution in [2.24, 2.45) is 0 Å². The summed E-state index contributed by atoms with van der Waals surface area (Å²) in [5, 5.41) is 18.9. The molecular weight excluding hydrogens is 271 g/mol. The van der Waals surface area contributed by atoms with E-state index in [1.54, 1.807) is 0 Å². The van der Waals surface area contributed by atoms with Gasteiger partial charge >= 0.3 is 18.3 Å². The van der Waals surface area contributed by atoms with Crippen molar-refractivity contribution in [2.45, 2.75) is 6.61 Å². The Morgan fingerprint density at radius 2 is 2.11 bits per heavy atom. The normalized spacial score (nSPS) is 10.9. The summed E-state index contributed by atoms with van der Waals surface area (Å²) in [6.07, 6.45) is 1.34. The Morgan fingerprint density at radius 1 is 1.47 bits per heavy atom. The summed E-state index contributed by atoms with van der Waals surface area (Å²) in [5.74, 6) is -3.47. The minimum Gasteiger partial charge on any atom is -0.478 e. The van der Waals surface area contributed by atoms with E-state index in [4.69, 9.17) is 5.11 Å². The molecule has 0 bridgehead atoms. The first kappa shape index (κ1) is 14.5. The summed E-state index contributed by atoms with van der Waals surface area (Å²) in [4.78, 5) is 19.7. The van der Waals surface area contributed by atoms with Gasteiger partial charge in [0.1, 0.15) is 5.75 Å². The summed E-state index contributed by atoms with van der Waals surface area (Å²) in [5.41, 5.74) is -1.33. The van der Waals surface area contributed by atoms with Crippen LogP contribution in [0.4, 0.5) is 18.9 Å². The summed E-state index contributed by atoms with van der Waals surface area (Å²) >= 11 is 0. The van der Waals surface area contributed by atoms with Gasteiger partial charge in [-0.25, -0.2) is 4.79 Å². The number of nitro groups is 1. The highest BCUT2D eigenvalue weighted by Gasteiger charge is 2.19. The van der Waals surface area contributed by atoms with Crippen LogP contribution in [0.15, 0.2) is 18.2 Å². The van der Waals surface area contributed by atoms with Crippen molar-refractivity contribution in [3.63, 3.8) is 0 Å². The summed E-state index contributed by atoms with van der Waals surface area (Å²) in [6.45, 7) is -3.28. The van der Waals surface area contributed by atoms with Gasteiger partial charge in [-0.1, -0.05) is 0 Å². The SMILES string of the molecule is O=C(O)/C=C/c1cc([N+](=O)[O-])c(F)cc1OC(F)F. The van der Waals surface area contributed by atoms with Crippen LogP contribution in [0, 0.1) is 15.9 Å². The van der Waals surface area contributed by atoms with Gasteiger partial charge in [0, 0.05) is 23.8 Å². The van der Waals surface area contributed by atoms with E-state index in [1.165, 1.54) is 0 Å². The molecule has 0 saturated heterocycles. The number of nitro benzene ring substituents is 1. The molecule has 0 saturated carbocycles. The van der Waals surface area contributed by atoms with Gasteiger partial charge in [-0.05, 0) is 6.08 Å². The maximum atomic E-state index is 13.2. The van der Waals surface area contributed by atoms with Gasteiger partial charge < -0.3 is 9.84 Å². The van der Waals surface area contributed by atoms with Gasteiger partial charge in [0.25, 0.3) is 0 Å². The molecule has 0 amide bonds. The minimum absolute atomic E-state index is 0.351. The zero-order valence-corrected chi connectivity index (χ0v) is 9.05. The molecule has 1 rings (SSSR count). The Labute approximate surface area is 103 Å². The van der Waals surface area contributed by atoms with Crippen LogP contribution in [-0.4, -0.2) is 22.6 Å². The average Bonchev–Trinajstić information content (AvgIpc) is 2.26. The Balaban J connectivity index is 3.32. The number of benzene rings is 1. The first-order valence-electron chi connectivity index (χ1n) is 4.65. The van der Waals surface area contributed by atoms with Crippen LogP contribution in [-0.2, 0) is 4.79 Å². The second-order valence-corrected chi connectivity index (χ2v) is 3.15. The van der Waals surface area contributed by atoms with Crippen LogP contribution in [0.3, 0.4) is 0 Å². The molecule has 0 aliphatic rings. The lowest BCUT2D eigenvalue weighted by Crippen LogP contribution is -2.05. The number of carboxylic acids is 1. The van der Waals surface area contributed by atoms with Crippen LogP contribution in [0.5, 0.6) is 5.75 Å². The third-order valence-electron chi connectivity index (χ3n) is 1.90. The third kappa shape index (κ3) is 3.98. The molecule has 0 aliphatic heterocycles. The fourth-order valence-electron chi connectivity index (χ4n) is 1.19. The highest BCUT2D eigenvalue weighted by molar-refractivity contribution is 5.86. The zero-order chi connectivity index (χ0) is 14.6. The number of rotatable bonds is 5. The van der Waals surface area contributed by atoms with Crippen molar-refractivity contribution in [3.8, 4) is 5.75 Å². The first-order chi connectivity index (χ1) is 8.81. The molecule has 102 valence electrons. The van der Waals surface area contributed by atoms with Gasteiger partial charge in [0.15, 0.2) is 0 Å². The fourth-order valence-corrected chi connectivity index (χ4v) is 1.19. The number of carbonyl (C=O) groups is 1. The topological polar surface area (TPSA) is 89.7 Å². The molecule has 0 radical (unpaired) electrons. The lowest BCUT2D eigenvalue weighted by atomic mass is 10.1. The molecular formula is C10H6F3NO5. The van der Waals surface area contributed by atoms with Crippen LogP contribution >= 0.6 is 0 Å². The third-order valence-corrected chi connectivity index (χ3v) is 1.90. The van der Waals surface area contributed by atoms with Crippen molar-refractivity contribution in [1.82, 2.24) is 0 Å². The van der Waals surface area contributed by atoms with E-state index >= 15 is 0 Å². The van der Waals surface area contributed by atoms with Crippen molar-refractivity contribution < 1.29 is 32.7 Å². The van der Waals surface area contributed by atoms with E-state index in [2.05, 4.69) is 4.74 Å². The summed E-state index contributed by atoms with van der Waals surface area (Å²) in [6, 6.07) is 0.998. The smallest absolute Gasteiger partial charge is 0.387 e. The van der Waals surface area contributed by atoms with Crippen LogP contribution in [0.1, 0.15) is 5.56 Å².